The molecule has 0 saturated heterocycles. The molecule has 0 aromatic heterocycles. The zero-order valence-electron chi connectivity index (χ0n) is 7.70. The number of aliphatic hydroxyl groups is 1. The number of carboxylic acids is 1. The van der Waals surface area contributed by atoms with Gasteiger partial charge in [-0.3, -0.25) is 0 Å². The number of aliphatic carboxylic acids is 1. The molecular weight excluding hydrogens is 227 g/mol. The summed E-state index contributed by atoms with van der Waals surface area (Å²) in [7, 11) is 1.24. The lowest BCUT2D eigenvalue weighted by molar-refractivity contribution is -0.147. The van der Waals surface area contributed by atoms with Crippen molar-refractivity contribution >= 4 is 17.6 Å². The second-order valence-corrected chi connectivity index (χ2v) is 3.13. The molecule has 0 aliphatic carbocycles. The van der Waals surface area contributed by atoms with Crippen LogP contribution in [0.4, 0.5) is 4.39 Å². The molecule has 1 rings (SSSR count). The average Bonchev–Trinajstić information content (AvgIpc) is 2.20. The van der Waals surface area contributed by atoms with Gasteiger partial charge in [-0.1, -0.05) is 11.6 Å². The molecule has 82 valence electrons. The van der Waals surface area contributed by atoms with Gasteiger partial charge in [0.05, 0.1) is 17.7 Å². The van der Waals surface area contributed by atoms with Crippen molar-refractivity contribution < 1.29 is 24.1 Å². The molecule has 15 heavy (non-hydrogen) atoms. The number of hydrogen-bond donors (Lipinski definition) is 2. The van der Waals surface area contributed by atoms with Gasteiger partial charge in [0.25, 0.3) is 0 Å². The van der Waals surface area contributed by atoms with Crippen LogP contribution in [0.3, 0.4) is 0 Å². The fourth-order valence-electron chi connectivity index (χ4n) is 1.10. The number of rotatable bonds is 3. The van der Waals surface area contributed by atoms with E-state index in [0.29, 0.717) is 0 Å². The second kappa shape index (κ2) is 4.46. The standard InChI is InChI=1S/C9H8ClFO4/c1-15-5-3-2-4(10)7(11)6(5)8(12)9(13)14/h2-3,8,12H,1H3,(H,13,14). The first kappa shape index (κ1) is 11.7. The van der Waals surface area contributed by atoms with Gasteiger partial charge in [0.1, 0.15) is 5.75 Å². The van der Waals surface area contributed by atoms with Crippen molar-refractivity contribution in [3.05, 3.63) is 28.5 Å². The van der Waals surface area contributed by atoms with E-state index in [9.17, 15) is 14.3 Å². The van der Waals surface area contributed by atoms with Crippen molar-refractivity contribution in [2.24, 2.45) is 0 Å². The van der Waals surface area contributed by atoms with E-state index in [1.807, 2.05) is 0 Å². The highest BCUT2D eigenvalue weighted by molar-refractivity contribution is 6.30. The summed E-state index contributed by atoms with van der Waals surface area (Å²) >= 11 is 5.46. The van der Waals surface area contributed by atoms with Crippen LogP contribution in [-0.2, 0) is 4.79 Å². The first-order valence-corrected chi connectivity index (χ1v) is 4.29. The third kappa shape index (κ3) is 2.19. The molecular formula is C9H8ClFO4. The zero-order valence-corrected chi connectivity index (χ0v) is 8.45. The van der Waals surface area contributed by atoms with Gasteiger partial charge in [-0.15, -0.1) is 0 Å². The van der Waals surface area contributed by atoms with Gasteiger partial charge < -0.3 is 14.9 Å². The largest absolute Gasteiger partial charge is 0.496 e. The molecule has 1 unspecified atom stereocenters. The van der Waals surface area contributed by atoms with E-state index in [2.05, 4.69) is 0 Å². The number of halogens is 2. The molecule has 0 heterocycles. The van der Waals surface area contributed by atoms with E-state index in [1.54, 1.807) is 0 Å². The van der Waals surface area contributed by atoms with Crippen LogP contribution in [0.15, 0.2) is 12.1 Å². The Balaban J connectivity index is 3.35. The molecule has 2 N–H and O–H groups in total. The monoisotopic (exact) mass is 234 g/mol. The van der Waals surface area contributed by atoms with Crippen LogP contribution in [0, 0.1) is 5.82 Å². The third-order valence-electron chi connectivity index (χ3n) is 1.82. The van der Waals surface area contributed by atoms with Crippen LogP contribution in [0.2, 0.25) is 5.02 Å². The van der Waals surface area contributed by atoms with E-state index in [-0.39, 0.29) is 10.8 Å². The highest BCUT2D eigenvalue weighted by atomic mass is 35.5. The first-order chi connectivity index (χ1) is 6.99. The normalized spacial score (nSPS) is 12.3. The smallest absolute Gasteiger partial charge is 0.337 e. The van der Waals surface area contributed by atoms with Gasteiger partial charge in [0.2, 0.25) is 0 Å². The number of carbonyl (C=O) groups is 1. The molecule has 0 amide bonds. The van der Waals surface area contributed by atoms with E-state index < -0.39 is 23.5 Å². The predicted molar refractivity (Wildman–Crippen MR) is 50.6 cm³/mol. The summed E-state index contributed by atoms with van der Waals surface area (Å²) < 4.78 is 18.2. The Kier molecular flexibility index (Phi) is 3.49. The van der Waals surface area contributed by atoms with Gasteiger partial charge in [-0.2, -0.15) is 0 Å². The molecule has 0 aliphatic rings. The molecule has 0 bridgehead atoms. The number of aliphatic hydroxyl groups excluding tert-OH is 1. The SMILES string of the molecule is COc1ccc(Cl)c(F)c1C(O)C(=O)O. The lowest BCUT2D eigenvalue weighted by atomic mass is 10.1. The summed E-state index contributed by atoms with van der Waals surface area (Å²) in [6, 6.07) is 2.50. The molecule has 6 heteroatoms. The summed E-state index contributed by atoms with van der Waals surface area (Å²) in [4.78, 5) is 10.5. The maximum absolute atomic E-state index is 13.4. The Morgan fingerprint density at radius 1 is 1.60 bits per heavy atom. The molecule has 1 atom stereocenters. The van der Waals surface area contributed by atoms with Gasteiger partial charge in [0, 0.05) is 0 Å². The predicted octanol–water partition coefficient (Wildman–Crippen LogP) is 1.61. The van der Waals surface area contributed by atoms with Crippen molar-refractivity contribution in [2.75, 3.05) is 7.11 Å². The molecule has 0 spiro atoms. The molecule has 0 radical (unpaired) electrons. The number of hydrogen-bond acceptors (Lipinski definition) is 3. The molecule has 0 fully saturated rings. The van der Waals surface area contributed by atoms with Gasteiger partial charge in [0.15, 0.2) is 11.9 Å². The van der Waals surface area contributed by atoms with Crippen LogP contribution >= 0.6 is 11.6 Å². The van der Waals surface area contributed by atoms with Gasteiger partial charge in [-0.05, 0) is 12.1 Å². The Morgan fingerprint density at radius 3 is 2.67 bits per heavy atom. The third-order valence-corrected chi connectivity index (χ3v) is 2.11. The van der Waals surface area contributed by atoms with Crippen LogP contribution < -0.4 is 4.74 Å². The maximum atomic E-state index is 13.4. The van der Waals surface area contributed by atoms with Crippen molar-refractivity contribution in [1.29, 1.82) is 0 Å². The van der Waals surface area contributed by atoms with E-state index in [0.717, 1.165) is 0 Å². The Hall–Kier alpha value is -1.33. The number of ether oxygens (including phenoxy) is 1. The van der Waals surface area contributed by atoms with Crippen LogP contribution in [0.5, 0.6) is 5.75 Å². The molecule has 0 saturated carbocycles. The van der Waals surface area contributed by atoms with Crippen molar-refractivity contribution in [1.82, 2.24) is 0 Å². The minimum atomic E-state index is -2.00. The van der Waals surface area contributed by atoms with Gasteiger partial charge in [-0.25, -0.2) is 9.18 Å². The van der Waals surface area contributed by atoms with Crippen LogP contribution in [0.1, 0.15) is 11.7 Å². The van der Waals surface area contributed by atoms with E-state index >= 15 is 0 Å². The maximum Gasteiger partial charge on any atom is 0.337 e. The molecule has 0 aliphatic heterocycles. The Labute approximate surface area is 89.9 Å². The number of carboxylic acid groups (broad SMARTS) is 1. The highest BCUT2D eigenvalue weighted by Gasteiger charge is 2.25. The second-order valence-electron chi connectivity index (χ2n) is 2.72. The molecule has 1 aromatic rings. The summed E-state index contributed by atoms with van der Waals surface area (Å²) in [5.74, 6) is -2.63. The quantitative estimate of drug-likeness (QED) is 0.834. The summed E-state index contributed by atoms with van der Waals surface area (Å²) in [6.07, 6.45) is -2.00. The zero-order chi connectivity index (χ0) is 11.6. The lowest BCUT2D eigenvalue weighted by Crippen LogP contribution is -2.13. The van der Waals surface area contributed by atoms with E-state index in [1.165, 1.54) is 19.2 Å². The number of benzene rings is 1. The fourth-order valence-corrected chi connectivity index (χ4v) is 1.27. The minimum Gasteiger partial charge on any atom is -0.496 e. The van der Waals surface area contributed by atoms with E-state index in [4.69, 9.17) is 21.4 Å². The highest BCUT2D eigenvalue weighted by Crippen LogP contribution is 2.32. The topological polar surface area (TPSA) is 66.8 Å². The van der Waals surface area contributed by atoms with Crippen LogP contribution in [-0.4, -0.2) is 23.3 Å². The lowest BCUT2D eigenvalue weighted by Gasteiger charge is -2.12. The van der Waals surface area contributed by atoms with Gasteiger partial charge >= 0.3 is 5.97 Å². The molecule has 4 nitrogen and oxygen atoms in total. The number of methoxy groups -OCH3 is 1. The Morgan fingerprint density at radius 2 is 2.20 bits per heavy atom. The molecule has 1 aromatic carbocycles. The average molecular weight is 235 g/mol. The van der Waals surface area contributed by atoms with Crippen molar-refractivity contribution in [3.63, 3.8) is 0 Å². The van der Waals surface area contributed by atoms with Crippen LogP contribution in [0.25, 0.3) is 0 Å². The first-order valence-electron chi connectivity index (χ1n) is 3.91. The van der Waals surface area contributed by atoms with Crippen molar-refractivity contribution in [2.45, 2.75) is 6.10 Å². The minimum absolute atomic E-state index is 0.0631. The summed E-state index contributed by atoms with van der Waals surface area (Å²) in [6.45, 7) is 0. The summed E-state index contributed by atoms with van der Waals surface area (Å²) in [5.41, 5.74) is -0.475. The fraction of sp³-hybridized carbons (Fsp3) is 0.222. The van der Waals surface area contributed by atoms with Crippen molar-refractivity contribution in [3.8, 4) is 5.75 Å². The summed E-state index contributed by atoms with van der Waals surface area (Å²) in [5, 5.41) is 17.5. The Bertz CT molecular complexity index is 394.